The Labute approximate surface area is 126 Å². The number of anilines is 1. The number of nitrogens with two attached hydrogens (primary N) is 1. The molecule has 0 aliphatic rings. The summed E-state index contributed by atoms with van der Waals surface area (Å²) >= 11 is 1.49. The average Bonchev–Trinajstić information content (AvgIpc) is 2.97. The predicted molar refractivity (Wildman–Crippen MR) is 84.2 cm³/mol. The van der Waals surface area contributed by atoms with Crippen molar-refractivity contribution in [1.82, 2.24) is 9.97 Å². The number of nitrogen functional groups attached to an aromatic ring is 1. The maximum atomic E-state index is 12.2. The molecule has 2 heterocycles. The van der Waals surface area contributed by atoms with Gasteiger partial charge >= 0.3 is 0 Å². The lowest BCUT2D eigenvalue weighted by molar-refractivity contribution is 0.0993. The van der Waals surface area contributed by atoms with Crippen molar-refractivity contribution in [1.29, 1.82) is 0 Å². The molecule has 5 heteroatoms. The summed E-state index contributed by atoms with van der Waals surface area (Å²) in [5.41, 5.74) is 8.74. The number of Topliss-reactive ketones (excluding diaryl/α,β-unsaturated/α-hetero) is 1. The number of pyridine rings is 1. The Hall–Kier alpha value is -2.53. The molecule has 1 aromatic carbocycles. The van der Waals surface area contributed by atoms with Gasteiger partial charge in [-0.25, -0.2) is 4.98 Å². The van der Waals surface area contributed by atoms with Crippen LogP contribution in [0.15, 0.2) is 54.2 Å². The van der Waals surface area contributed by atoms with Crippen molar-refractivity contribution in [3.8, 4) is 11.3 Å². The van der Waals surface area contributed by atoms with Gasteiger partial charge < -0.3 is 5.73 Å². The van der Waals surface area contributed by atoms with Crippen molar-refractivity contribution in [3.05, 3.63) is 64.7 Å². The smallest absolute Gasteiger partial charge is 0.169 e. The lowest BCUT2D eigenvalue weighted by Gasteiger charge is -1.99. The van der Waals surface area contributed by atoms with Crippen molar-refractivity contribution >= 4 is 22.8 Å². The Kier molecular flexibility index (Phi) is 3.75. The predicted octanol–water partition coefficient (Wildman–Crippen LogP) is 3.21. The van der Waals surface area contributed by atoms with E-state index in [0.717, 1.165) is 16.3 Å². The molecule has 0 amide bonds. The third kappa shape index (κ3) is 3.14. The number of ketones is 1. The minimum Gasteiger partial charge on any atom is -0.399 e. The molecular formula is C16H13N3OS. The second-order valence-corrected chi connectivity index (χ2v) is 5.53. The van der Waals surface area contributed by atoms with Crippen LogP contribution in [0.25, 0.3) is 11.3 Å². The summed E-state index contributed by atoms with van der Waals surface area (Å²) in [5.74, 6) is 0.0436. The Balaban J connectivity index is 1.75. The van der Waals surface area contributed by atoms with E-state index in [-0.39, 0.29) is 5.78 Å². The molecular weight excluding hydrogens is 282 g/mol. The third-order valence-corrected chi connectivity index (χ3v) is 3.90. The van der Waals surface area contributed by atoms with Crippen LogP contribution in [0.1, 0.15) is 15.4 Å². The maximum Gasteiger partial charge on any atom is 0.169 e. The van der Waals surface area contributed by atoms with Crippen molar-refractivity contribution < 1.29 is 4.79 Å². The van der Waals surface area contributed by atoms with Crippen LogP contribution in [0, 0.1) is 0 Å². The molecule has 0 bridgehead atoms. The van der Waals surface area contributed by atoms with Crippen molar-refractivity contribution in [2.45, 2.75) is 6.42 Å². The highest BCUT2D eigenvalue weighted by Crippen LogP contribution is 2.22. The van der Waals surface area contributed by atoms with Gasteiger partial charge in [-0.3, -0.25) is 9.78 Å². The molecule has 0 fully saturated rings. The number of hydrogen-bond acceptors (Lipinski definition) is 5. The normalized spacial score (nSPS) is 10.5. The van der Waals surface area contributed by atoms with Gasteiger partial charge in [0.15, 0.2) is 5.78 Å². The van der Waals surface area contributed by atoms with E-state index in [0.29, 0.717) is 17.7 Å². The van der Waals surface area contributed by atoms with Crippen LogP contribution in [0.4, 0.5) is 5.69 Å². The first-order valence-corrected chi connectivity index (χ1v) is 7.34. The molecule has 3 aromatic rings. The maximum absolute atomic E-state index is 12.2. The highest BCUT2D eigenvalue weighted by Gasteiger charge is 2.11. The molecule has 0 spiro atoms. The van der Waals surface area contributed by atoms with E-state index in [1.807, 2.05) is 17.5 Å². The average molecular weight is 295 g/mol. The van der Waals surface area contributed by atoms with Gasteiger partial charge in [-0.2, -0.15) is 0 Å². The second-order valence-electron chi connectivity index (χ2n) is 4.59. The molecule has 2 N–H and O–H groups in total. The van der Waals surface area contributed by atoms with Gasteiger partial charge in [0.05, 0.1) is 12.1 Å². The van der Waals surface area contributed by atoms with Crippen LogP contribution in [-0.4, -0.2) is 15.8 Å². The number of nitrogens with zero attached hydrogens (tertiary/aromatic N) is 2. The van der Waals surface area contributed by atoms with Gasteiger partial charge in [0.2, 0.25) is 0 Å². The van der Waals surface area contributed by atoms with Crippen molar-refractivity contribution in [3.63, 3.8) is 0 Å². The Morgan fingerprint density at radius 2 is 2.00 bits per heavy atom. The SMILES string of the molecule is Nc1ccc(C(=O)Cc2nc(-c3cccnc3)cs2)cc1. The summed E-state index contributed by atoms with van der Waals surface area (Å²) in [7, 11) is 0. The lowest BCUT2D eigenvalue weighted by Crippen LogP contribution is -2.03. The van der Waals surface area contributed by atoms with Gasteiger partial charge in [-0.05, 0) is 36.4 Å². The summed E-state index contributed by atoms with van der Waals surface area (Å²) in [5, 5.41) is 2.75. The minimum atomic E-state index is 0.0436. The van der Waals surface area contributed by atoms with E-state index in [1.54, 1.807) is 36.7 Å². The molecule has 0 radical (unpaired) electrons. The molecule has 0 saturated carbocycles. The molecule has 4 nitrogen and oxygen atoms in total. The number of thiazole rings is 1. The summed E-state index contributed by atoms with van der Waals surface area (Å²) in [4.78, 5) is 20.8. The Morgan fingerprint density at radius 1 is 1.19 bits per heavy atom. The largest absolute Gasteiger partial charge is 0.399 e. The van der Waals surface area contributed by atoms with Crippen LogP contribution in [0.3, 0.4) is 0 Å². The van der Waals surface area contributed by atoms with Crippen LogP contribution < -0.4 is 5.73 Å². The summed E-state index contributed by atoms with van der Waals surface area (Å²) in [6, 6.07) is 10.8. The van der Waals surface area contributed by atoms with E-state index in [9.17, 15) is 4.79 Å². The van der Waals surface area contributed by atoms with Crippen LogP contribution in [0.5, 0.6) is 0 Å². The van der Waals surface area contributed by atoms with Gasteiger partial charge in [0.1, 0.15) is 5.01 Å². The fraction of sp³-hybridized carbons (Fsp3) is 0.0625. The van der Waals surface area contributed by atoms with E-state index in [4.69, 9.17) is 5.73 Å². The van der Waals surface area contributed by atoms with Crippen LogP contribution >= 0.6 is 11.3 Å². The number of rotatable bonds is 4. The molecule has 2 aromatic heterocycles. The highest BCUT2D eigenvalue weighted by atomic mass is 32.1. The highest BCUT2D eigenvalue weighted by molar-refractivity contribution is 7.10. The summed E-state index contributed by atoms with van der Waals surface area (Å²) in [6.07, 6.45) is 3.79. The molecule has 21 heavy (non-hydrogen) atoms. The van der Waals surface area contributed by atoms with Crippen LogP contribution in [0.2, 0.25) is 0 Å². The zero-order valence-electron chi connectivity index (χ0n) is 11.2. The second kappa shape index (κ2) is 5.85. The quantitative estimate of drug-likeness (QED) is 0.592. The molecule has 0 saturated heterocycles. The molecule has 0 atom stereocenters. The first-order chi connectivity index (χ1) is 10.2. The Bertz CT molecular complexity index is 751. The lowest BCUT2D eigenvalue weighted by atomic mass is 10.1. The fourth-order valence-corrected chi connectivity index (χ4v) is 2.75. The molecule has 104 valence electrons. The molecule has 3 rings (SSSR count). The van der Waals surface area contributed by atoms with Gasteiger partial charge in [-0.15, -0.1) is 11.3 Å². The zero-order valence-corrected chi connectivity index (χ0v) is 12.0. The standard InChI is InChI=1S/C16H13N3OS/c17-13-5-3-11(4-6-13)15(20)8-16-19-14(10-21-16)12-2-1-7-18-9-12/h1-7,9-10H,8,17H2. The van der Waals surface area contributed by atoms with Crippen molar-refractivity contribution in [2.24, 2.45) is 0 Å². The zero-order chi connectivity index (χ0) is 14.7. The number of aromatic nitrogens is 2. The van der Waals surface area contributed by atoms with E-state index in [1.165, 1.54) is 11.3 Å². The van der Waals surface area contributed by atoms with Gasteiger partial charge in [-0.1, -0.05) is 0 Å². The van der Waals surface area contributed by atoms with Gasteiger partial charge in [0.25, 0.3) is 0 Å². The van der Waals surface area contributed by atoms with E-state index < -0.39 is 0 Å². The van der Waals surface area contributed by atoms with E-state index >= 15 is 0 Å². The first-order valence-electron chi connectivity index (χ1n) is 6.46. The number of benzene rings is 1. The minimum absolute atomic E-state index is 0.0436. The van der Waals surface area contributed by atoms with E-state index in [2.05, 4.69) is 9.97 Å². The van der Waals surface area contributed by atoms with Crippen molar-refractivity contribution in [2.75, 3.05) is 5.73 Å². The Morgan fingerprint density at radius 3 is 2.71 bits per heavy atom. The molecule has 0 aliphatic heterocycles. The number of hydrogen-bond donors (Lipinski definition) is 1. The third-order valence-electron chi connectivity index (χ3n) is 3.05. The molecule has 0 aliphatic carbocycles. The van der Waals surface area contributed by atoms with Crippen LogP contribution in [-0.2, 0) is 6.42 Å². The van der Waals surface area contributed by atoms with Gasteiger partial charge in [0, 0.05) is 34.6 Å². The number of carbonyl (C=O) groups excluding carboxylic acids is 1. The topological polar surface area (TPSA) is 68.9 Å². The summed E-state index contributed by atoms with van der Waals surface area (Å²) in [6.45, 7) is 0. The summed E-state index contributed by atoms with van der Waals surface area (Å²) < 4.78 is 0. The fourth-order valence-electron chi connectivity index (χ4n) is 1.95. The first kappa shape index (κ1) is 13.5. The number of carbonyl (C=O) groups is 1. The molecule has 0 unspecified atom stereocenters. The monoisotopic (exact) mass is 295 g/mol.